The number of nitrogens with one attached hydrogen (secondary N) is 1. The predicted octanol–water partition coefficient (Wildman–Crippen LogP) is 0.801. The SMILES string of the molecule is CCCC(=O)NN(C)C.Cl. The quantitative estimate of drug-likeness (QED) is 0.630. The fraction of sp³-hybridized carbons (Fsp3) is 0.833. The van der Waals surface area contributed by atoms with Crippen molar-refractivity contribution in [1.82, 2.24) is 10.4 Å². The van der Waals surface area contributed by atoms with Gasteiger partial charge < -0.3 is 0 Å². The van der Waals surface area contributed by atoms with E-state index in [0.717, 1.165) is 6.42 Å². The van der Waals surface area contributed by atoms with Gasteiger partial charge in [-0.3, -0.25) is 10.2 Å². The molecule has 0 aromatic rings. The van der Waals surface area contributed by atoms with E-state index in [0.29, 0.717) is 6.42 Å². The topological polar surface area (TPSA) is 32.3 Å². The van der Waals surface area contributed by atoms with Gasteiger partial charge in [0.25, 0.3) is 0 Å². The van der Waals surface area contributed by atoms with Crippen molar-refractivity contribution >= 4 is 18.3 Å². The van der Waals surface area contributed by atoms with Gasteiger partial charge in [-0.25, -0.2) is 5.01 Å². The van der Waals surface area contributed by atoms with Gasteiger partial charge in [0.15, 0.2) is 0 Å². The van der Waals surface area contributed by atoms with Crippen molar-refractivity contribution in [3.63, 3.8) is 0 Å². The van der Waals surface area contributed by atoms with Crippen LogP contribution in [0, 0.1) is 0 Å². The summed E-state index contributed by atoms with van der Waals surface area (Å²) >= 11 is 0. The number of nitrogens with zero attached hydrogens (tertiary/aromatic N) is 1. The standard InChI is InChI=1S/C6H14N2O.ClH/c1-4-5-6(9)7-8(2)3;/h4-5H2,1-3H3,(H,7,9);1H. The summed E-state index contributed by atoms with van der Waals surface area (Å²) in [6, 6.07) is 0. The largest absolute Gasteiger partial charge is 0.289 e. The Morgan fingerprint density at radius 1 is 1.50 bits per heavy atom. The van der Waals surface area contributed by atoms with Gasteiger partial charge in [-0.05, 0) is 6.42 Å². The first kappa shape index (κ1) is 12.4. The van der Waals surface area contributed by atoms with Crippen molar-refractivity contribution < 1.29 is 4.79 Å². The number of amides is 1. The van der Waals surface area contributed by atoms with E-state index < -0.39 is 0 Å². The molecule has 0 saturated heterocycles. The van der Waals surface area contributed by atoms with Crippen LogP contribution in [0.2, 0.25) is 0 Å². The molecule has 0 rings (SSSR count). The fourth-order valence-electron chi connectivity index (χ4n) is 0.532. The highest BCUT2D eigenvalue weighted by Gasteiger charge is 1.97. The zero-order valence-corrected chi connectivity index (χ0v) is 7.49. The summed E-state index contributed by atoms with van der Waals surface area (Å²) in [5.74, 6) is 0.0856. The molecule has 0 heterocycles. The molecule has 0 unspecified atom stereocenters. The van der Waals surface area contributed by atoms with E-state index in [1.54, 1.807) is 19.1 Å². The summed E-state index contributed by atoms with van der Waals surface area (Å²) in [7, 11) is 3.60. The number of carbonyl (C=O) groups excluding carboxylic acids is 1. The minimum Gasteiger partial charge on any atom is -0.289 e. The van der Waals surface area contributed by atoms with Gasteiger partial charge in [-0.1, -0.05) is 6.92 Å². The summed E-state index contributed by atoms with van der Waals surface area (Å²) in [5.41, 5.74) is 2.64. The summed E-state index contributed by atoms with van der Waals surface area (Å²) in [4.78, 5) is 10.7. The third kappa shape index (κ3) is 7.72. The summed E-state index contributed by atoms with van der Waals surface area (Å²) in [5, 5.41) is 1.65. The fourth-order valence-corrected chi connectivity index (χ4v) is 0.532. The smallest absolute Gasteiger partial charge is 0.234 e. The van der Waals surface area contributed by atoms with E-state index in [1.807, 2.05) is 6.92 Å². The number of hydrazine groups is 1. The second kappa shape index (κ2) is 6.83. The Hall–Kier alpha value is -0.280. The zero-order valence-electron chi connectivity index (χ0n) is 6.68. The van der Waals surface area contributed by atoms with Gasteiger partial charge in [0.1, 0.15) is 0 Å². The molecule has 1 amide bonds. The number of hydrogen-bond donors (Lipinski definition) is 1. The Kier molecular flexibility index (Phi) is 8.48. The van der Waals surface area contributed by atoms with E-state index >= 15 is 0 Å². The molecular weight excluding hydrogens is 152 g/mol. The first-order chi connectivity index (χ1) is 4.16. The van der Waals surface area contributed by atoms with Crippen LogP contribution in [0.15, 0.2) is 0 Å². The van der Waals surface area contributed by atoms with E-state index in [2.05, 4.69) is 5.43 Å². The molecule has 0 spiro atoms. The van der Waals surface area contributed by atoms with Crippen LogP contribution in [-0.4, -0.2) is 25.0 Å². The van der Waals surface area contributed by atoms with Crippen molar-refractivity contribution in [3.8, 4) is 0 Å². The Bertz CT molecular complexity index is 95.7. The average molecular weight is 167 g/mol. The molecule has 0 aromatic carbocycles. The summed E-state index contributed by atoms with van der Waals surface area (Å²) in [6.07, 6.45) is 1.51. The molecule has 0 bridgehead atoms. The summed E-state index contributed by atoms with van der Waals surface area (Å²) in [6.45, 7) is 1.98. The molecule has 0 fully saturated rings. The normalized spacial score (nSPS) is 8.80. The van der Waals surface area contributed by atoms with Crippen molar-refractivity contribution in [2.45, 2.75) is 19.8 Å². The van der Waals surface area contributed by atoms with Crippen LogP contribution in [0.5, 0.6) is 0 Å². The zero-order chi connectivity index (χ0) is 7.28. The second-order valence-electron chi connectivity index (χ2n) is 2.18. The van der Waals surface area contributed by atoms with Crippen LogP contribution >= 0.6 is 12.4 Å². The number of carbonyl (C=O) groups is 1. The molecule has 0 aliphatic rings. The monoisotopic (exact) mass is 166 g/mol. The molecule has 0 atom stereocenters. The molecule has 0 radical (unpaired) electrons. The van der Waals surface area contributed by atoms with Gasteiger partial charge in [0.05, 0.1) is 0 Å². The molecule has 0 aromatic heterocycles. The van der Waals surface area contributed by atoms with Crippen LogP contribution in [0.25, 0.3) is 0 Å². The van der Waals surface area contributed by atoms with E-state index in [9.17, 15) is 4.79 Å². The van der Waals surface area contributed by atoms with Crippen LogP contribution in [-0.2, 0) is 4.79 Å². The van der Waals surface area contributed by atoms with Crippen LogP contribution in [0.1, 0.15) is 19.8 Å². The van der Waals surface area contributed by atoms with Crippen molar-refractivity contribution in [2.75, 3.05) is 14.1 Å². The van der Waals surface area contributed by atoms with E-state index in [1.165, 1.54) is 0 Å². The maximum absolute atomic E-state index is 10.7. The maximum atomic E-state index is 10.7. The first-order valence-corrected chi connectivity index (χ1v) is 3.13. The molecule has 4 heteroatoms. The highest BCUT2D eigenvalue weighted by Crippen LogP contribution is 1.84. The Morgan fingerprint density at radius 3 is 2.30 bits per heavy atom. The Balaban J connectivity index is 0. The third-order valence-electron chi connectivity index (χ3n) is 0.825. The van der Waals surface area contributed by atoms with Gasteiger partial charge in [-0.15, -0.1) is 12.4 Å². The summed E-state index contributed by atoms with van der Waals surface area (Å²) < 4.78 is 0. The molecule has 1 N–H and O–H groups in total. The van der Waals surface area contributed by atoms with Gasteiger partial charge in [0, 0.05) is 20.5 Å². The highest BCUT2D eigenvalue weighted by molar-refractivity contribution is 5.85. The van der Waals surface area contributed by atoms with Crippen molar-refractivity contribution in [2.24, 2.45) is 0 Å². The van der Waals surface area contributed by atoms with E-state index in [4.69, 9.17) is 0 Å². The first-order valence-electron chi connectivity index (χ1n) is 3.13. The Labute approximate surface area is 68.2 Å². The second-order valence-corrected chi connectivity index (χ2v) is 2.18. The number of rotatable bonds is 3. The van der Waals surface area contributed by atoms with Crippen molar-refractivity contribution in [1.29, 1.82) is 0 Å². The molecule has 62 valence electrons. The lowest BCUT2D eigenvalue weighted by Gasteiger charge is -2.10. The lowest BCUT2D eigenvalue weighted by molar-refractivity contribution is -0.124. The lowest BCUT2D eigenvalue weighted by atomic mass is 10.3. The minimum atomic E-state index is 0. The lowest BCUT2D eigenvalue weighted by Crippen LogP contribution is -2.35. The van der Waals surface area contributed by atoms with Gasteiger partial charge >= 0.3 is 0 Å². The van der Waals surface area contributed by atoms with Crippen LogP contribution in [0.3, 0.4) is 0 Å². The van der Waals surface area contributed by atoms with E-state index in [-0.39, 0.29) is 18.3 Å². The maximum Gasteiger partial charge on any atom is 0.234 e. The molecule has 0 aliphatic heterocycles. The molecule has 0 aliphatic carbocycles. The van der Waals surface area contributed by atoms with Crippen LogP contribution in [0.4, 0.5) is 0 Å². The molecular formula is C6H15ClN2O. The van der Waals surface area contributed by atoms with Crippen LogP contribution < -0.4 is 5.43 Å². The van der Waals surface area contributed by atoms with Gasteiger partial charge in [-0.2, -0.15) is 0 Å². The number of hydrogen-bond acceptors (Lipinski definition) is 2. The Morgan fingerprint density at radius 2 is 2.00 bits per heavy atom. The molecule has 3 nitrogen and oxygen atoms in total. The van der Waals surface area contributed by atoms with Crippen molar-refractivity contribution in [3.05, 3.63) is 0 Å². The van der Waals surface area contributed by atoms with Gasteiger partial charge in [0.2, 0.25) is 5.91 Å². The number of halogens is 1. The molecule has 0 saturated carbocycles. The molecule has 10 heavy (non-hydrogen) atoms. The third-order valence-corrected chi connectivity index (χ3v) is 0.825. The average Bonchev–Trinajstić information content (AvgIpc) is 1.63. The minimum absolute atomic E-state index is 0. The highest BCUT2D eigenvalue weighted by atomic mass is 35.5. The predicted molar refractivity (Wildman–Crippen MR) is 44.0 cm³/mol.